The summed E-state index contributed by atoms with van der Waals surface area (Å²) in [6, 6.07) is 13.1. The van der Waals surface area contributed by atoms with Gasteiger partial charge in [0.15, 0.2) is 0 Å². The first-order chi connectivity index (χ1) is 38.7. The minimum absolute atomic E-state index is 0.0276. The summed E-state index contributed by atoms with van der Waals surface area (Å²) in [4.78, 5) is 59.8. The second kappa shape index (κ2) is 31.3. The summed E-state index contributed by atoms with van der Waals surface area (Å²) in [6.07, 6.45) is 17.2. The number of aldehydes is 1. The first-order valence-corrected chi connectivity index (χ1v) is 29.8. The fourth-order valence-electron chi connectivity index (χ4n) is 12.0. The maximum absolute atomic E-state index is 13.4. The number of hydrazine groups is 1. The number of methoxy groups -OCH3 is 1. The van der Waals surface area contributed by atoms with Crippen LogP contribution in [0.5, 0.6) is 5.88 Å². The zero-order chi connectivity index (χ0) is 57.0. The molecule has 80 heavy (non-hydrogen) atoms. The van der Waals surface area contributed by atoms with Gasteiger partial charge in [0.2, 0.25) is 11.8 Å². The highest BCUT2D eigenvalue weighted by molar-refractivity contribution is 5.76. The van der Waals surface area contributed by atoms with Gasteiger partial charge in [-0.3, -0.25) is 9.59 Å². The zero-order valence-corrected chi connectivity index (χ0v) is 48.4. The van der Waals surface area contributed by atoms with Crippen LogP contribution in [0.3, 0.4) is 0 Å². The number of aryl methyl sites for hydroxylation is 3. The van der Waals surface area contributed by atoms with Gasteiger partial charge in [-0.2, -0.15) is 10.1 Å². The number of likely N-dealkylation sites (tertiary alicyclic amines) is 2. The summed E-state index contributed by atoms with van der Waals surface area (Å²) in [6.45, 7) is 13.4. The van der Waals surface area contributed by atoms with Crippen molar-refractivity contribution in [2.45, 2.75) is 141 Å². The fourth-order valence-corrected chi connectivity index (χ4v) is 12.0. The van der Waals surface area contributed by atoms with E-state index in [0.717, 1.165) is 154 Å². The topological polar surface area (TPSA) is 250 Å². The van der Waals surface area contributed by atoms with Gasteiger partial charge in [-0.15, -0.1) is 0 Å². The number of piperazine rings is 1. The third kappa shape index (κ3) is 18.8. The van der Waals surface area contributed by atoms with Crippen LogP contribution in [-0.2, 0) is 25.5 Å². The van der Waals surface area contributed by atoms with Crippen LogP contribution in [-0.4, -0.2) is 174 Å². The van der Waals surface area contributed by atoms with Gasteiger partial charge in [-0.05, 0) is 177 Å². The average Bonchev–Trinajstić information content (AvgIpc) is 3.69. The van der Waals surface area contributed by atoms with Crippen LogP contribution in [0.1, 0.15) is 138 Å². The molecule has 0 radical (unpaired) electrons. The van der Waals surface area contributed by atoms with Crippen molar-refractivity contribution in [3.63, 3.8) is 0 Å². The molecule has 2 aliphatic carbocycles. The predicted molar refractivity (Wildman–Crippen MR) is 312 cm³/mol. The number of rotatable bonds is 23. The SMILES string of the molecule is CN1CCCC1CO.COC(=O)NCCCCCC=O.Cc1cc(C)n(-c2cc(C(CC(=O)O)CN3CCC(COc4ccc5c(n4)NCCC5)C3)cc(N3CCN(C(=O)CCCCN(N)/C4=C(\N)CCC5CC5CC4)CC3)c2)n1. The van der Waals surface area contributed by atoms with Gasteiger partial charge >= 0.3 is 12.1 Å². The molecular formula is C60H94N12O8. The fraction of sp³-hybridized carbons (Fsp3) is 0.667. The van der Waals surface area contributed by atoms with Crippen molar-refractivity contribution in [1.82, 2.24) is 39.8 Å². The Morgan fingerprint density at radius 1 is 0.925 bits per heavy atom. The number of nitrogens with zero attached hydrogens (tertiary/aromatic N) is 8. The summed E-state index contributed by atoms with van der Waals surface area (Å²) >= 11 is 0. The largest absolute Gasteiger partial charge is 0.481 e. The number of nitrogens with two attached hydrogens (primary N) is 2. The summed E-state index contributed by atoms with van der Waals surface area (Å²) in [5, 5.41) is 31.5. The summed E-state index contributed by atoms with van der Waals surface area (Å²) in [7, 11) is 3.40. The minimum Gasteiger partial charge on any atom is -0.481 e. The highest BCUT2D eigenvalue weighted by atomic mass is 16.5. The molecule has 5 unspecified atom stereocenters. The minimum atomic E-state index is -0.812. The van der Waals surface area contributed by atoms with Crippen LogP contribution < -0.4 is 31.8 Å². The molecule has 3 aromatic rings. The number of hydrogen-bond acceptors (Lipinski definition) is 16. The van der Waals surface area contributed by atoms with Crippen LogP contribution >= 0.6 is 0 Å². The smallest absolute Gasteiger partial charge is 0.406 e. The molecule has 1 aromatic carbocycles. The monoisotopic (exact) mass is 1110 g/mol. The molecule has 3 saturated heterocycles. The molecule has 4 aliphatic heterocycles. The molecule has 1 saturated carbocycles. The molecule has 9 rings (SSSR count). The molecule has 20 nitrogen and oxygen atoms in total. The number of ether oxygens (including phenoxy) is 2. The number of benzene rings is 1. The second-order valence-corrected chi connectivity index (χ2v) is 23.0. The lowest BCUT2D eigenvalue weighted by Crippen LogP contribution is -2.48. The zero-order valence-electron chi connectivity index (χ0n) is 48.4. The lowest BCUT2D eigenvalue weighted by atomic mass is 9.93. The molecule has 0 spiro atoms. The molecule has 6 aliphatic rings. The Labute approximate surface area is 474 Å². The second-order valence-electron chi connectivity index (χ2n) is 23.0. The van der Waals surface area contributed by atoms with Crippen molar-refractivity contribution in [2.75, 3.05) is 110 Å². The Morgan fingerprint density at radius 3 is 2.41 bits per heavy atom. The Kier molecular flexibility index (Phi) is 24.1. The van der Waals surface area contributed by atoms with Crippen molar-refractivity contribution in [2.24, 2.45) is 29.3 Å². The Balaban J connectivity index is 0.000000389. The van der Waals surface area contributed by atoms with E-state index in [4.69, 9.17) is 31.5 Å². The molecule has 8 N–H and O–H groups in total. The quantitative estimate of drug-likeness (QED) is 0.0249. The van der Waals surface area contributed by atoms with Crippen molar-refractivity contribution in [1.29, 1.82) is 0 Å². The summed E-state index contributed by atoms with van der Waals surface area (Å²) in [5.74, 6) is 9.30. The maximum Gasteiger partial charge on any atom is 0.406 e. The number of alkyl carbamates (subject to hydrolysis) is 1. The van der Waals surface area contributed by atoms with Crippen molar-refractivity contribution >= 4 is 35.8 Å². The lowest BCUT2D eigenvalue weighted by molar-refractivity contribution is -0.137. The van der Waals surface area contributed by atoms with Crippen LogP contribution in [0.15, 0.2) is 47.8 Å². The number of pyridine rings is 1. The van der Waals surface area contributed by atoms with Crippen LogP contribution in [0.25, 0.3) is 5.69 Å². The van der Waals surface area contributed by atoms with Gasteiger partial charge in [-0.1, -0.05) is 6.42 Å². The number of aliphatic carboxylic acids is 1. The molecule has 5 atom stereocenters. The van der Waals surface area contributed by atoms with E-state index in [2.05, 4.69) is 67.4 Å². The van der Waals surface area contributed by atoms with E-state index >= 15 is 0 Å². The van der Waals surface area contributed by atoms with Gasteiger partial charge in [0.1, 0.15) is 12.1 Å². The molecule has 2 amide bonds. The molecular weight excluding hydrogens is 1020 g/mol. The molecule has 0 bridgehead atoms. The normalized spacial score (nSPS) is 22.2. The third-order valence-corrected chi connectivity index (χ3v) is 17.0. The Hall–Kier alpha value is -5.96. The number of allylic oxidation sites excluding steroid dienone is 2. The Morgan fingerprint density at radius 2 is 1.71 bits per heavy atom. The number of hydrogen-bond donors (Lipinski definition) is 6. The van der Waals surface area contributed by atoms with Gasteiger partial charge in [0.05, 0.1) is 38.1 Å². The van der Waals surface area contributed by atoms with Crippen molar-refractivity contribution in [3.8, 4) is 11.6 Å². The van der Waals surface area contributed by atoms with Gasteiger partial charge in [-0.25, -0.2) is 15.3 Å². The predicted octanol–water partition coefficient (Wildman–Crippen LogP) is 6.75. The number of aliphatic hydroxyl groups excluding tert-OH is 1. The number of anilines is 2. The third-order valence-electron chi connectivity index (χ3n) is 17.0. The highest BCUT2D eigenvalue weighted by Gasteiger charge is 2.38. The Bertz CT molecular complexity index is 2500. The number of amides is 2. The van der Waals surface area contributed by atoms with Gasteiger partial charge in [0, 0.05) is 118 Å². The molecule has 2 aromatic heterocycles. The molecule has 4 fully saturated rings. The maximum atomic E-state index is 13.4. The van der Waals surface area contributed by atoms with Crippen molar-refractivity contribution in [3.05, 3.63) is 70.3 Å². The van der Waals surface area contributed by atoms with E-state index in [9.17, 15) is 24.3 Å². The summed E-state index contributed by atoms with van der Waals surface area (Å²) < 4.78 is 12.5. The number of unbranched alkanes of at least 4 members (excludes halogenated alkanes) is 4. The van der Waals surface area contributed by atoms with Gasteiger partial charge in [0.25, 0.3) is 0 Å². The molecule has 20 heteroatoms. The van der Waals surface area contributed by atoms with Gasteiger partial charge < -0.3 is 65.5 Å². The number of carboxylic acid groups (broad SMARTS) is 1. The number of fused-ring (bicyclic) bond motifs is 2. The number of carbonyl (C=O) groups excluding carboxylic acids is 3. The first-order valence-electron chi connectivity index (χ1n) is 29.8. The average molecular weight is 1110 g/mol. The number of aromatic nitrogens is 3. The lowest BCUT2D eigenvalue weighted by Gasteiger charge is -2.37. The van der Waals surface area contributed by atoms with Crippen molar-refractivity contribution < 1.29 is 38.9 Å². The highest BCUT2D eigenvalue weighted by Crippen LogP contribution is 2.47. The van der Waals surface area contributed by atoms with Crippen LogP contribution in [0.2, 0.25) is 0 Å². The number of carboxylic acids is 1. The number of nitrogens with one attached hydrogen (secondary N) is 2. The van der Waals surface area contributed by atoms with E-state index in [0.29, 0.717) is 89.7 Å². The van der Waals surface area contributed by atoms with E-state index in [-0.39, 0.29) is 18.2 Å². The number of carbonyl (C=O) groups is 4. The van der Waals surface area contributed by atoms with Crippen LogP contribution in [0, 0.1) is 31.6 Å². The number of aliphatic hydroxyl groups is 1. The van der Waals surface area contributed by atoms with E-state index in [1.165, 1.54) is 44.8 Å². The number of likely N-dealkylation sites (N-methyl/N-ethyl adjacent to an activating group) is 1. The molecule has 442 valence electrons. The first kappa shape index (κ1) is 61.7. The van der Waals surface area contributed by atoms with E-state index in [1.54, 1.807) is 0 Å². The van der Waals surface area contributed by atoms with Crippen LogP contribution in [0.4, 0.5) is 16.3 Å². The standard InChI is InChI=1S/C46H66N10O4.C8H15NO3.C6H13NO/c1-31-22-32(2)56(51-31)40-25-37(38(26-45(58)59)29-52-17-14-33(28-52)30-60-43-13-10-34-6-5-15-49-46(34)50-43)24-39(27-40)53-18-20-54(21-19-53)44(57)7-3-4-16-55(48)42-12-9-36-23-35(36)8-11-41(42)47;1-12-8(11)9-6-4-2-3-5-7-10;1-7-4-2-3-6(7)5-8/h10,13,22,24-25,27,33,35-36,38H,3-9,11-12,14-21,23,26,28-30,47-48H2,1-2H3,(H,49,50)(H,58,59);7H,2-6H2,1H3,(H,9,11);6,8H,2-5H2,1H3/b42-41-;;. The summed E-state index contributed by atoms with van der Waals surface area (Å²) in [5.41, 5.74) is 14.6. The van der Waals surface area contributed by atoms with E-state index in [1.807, 2.05) is 34.5 Å². The van der Waals surface area contributed by atoms with E-state index < -0.39 is 12.1 Å². The molecule has 6 heterocycles.